The van der Waals surface area contributed by atoms with Gasteiger partial charge in [-0.25, -0.2) is 4.98 Å². The van der Waals surface area contributed by atoms with E-state index >= 15 is 0 Å². The van der Waals surface area contributed by atoms with Gasteiger partial charge in [0, 0.05) is 55.8 Å². The third-order valence-corrected chi connectivity index (χ3v) is 7.53. The van der Waals surface area contributed by atoms with Crippen molar-refractivity contribution in [3.8, 4) is 22.8 Å². The van der Waals surface area contributed by atoms with E-state index in [4.69, 9.17) is 9.72 Å². The molecule has 0 bridgehead atoms. The molecule has 0 spiro atoms. The molecule has 5 rings (SSSR count). The van der Waals surface area contributed by atoms with Gasteiger partial charge in [0.2, 0.25) is 0 Å². The maximum absolute atomic E-state index is 12.9. The van der Waals surface area contributed by atoms with E-state index < -0.39 is 6.36 Å². The monoisotopic (exact) mass is 582 g/mol. The van der Waals surface area contributed by atoms with E-state index in [9.17, 15) is 18.0 Å². The van der Waals surface area contributed by atoms with E-state index in [1.165, 1.54) is 29.5 Å². The van der Waals surface area contributed by atoms with Crippen molar-refractivity contribution in [1.29, 1.82) is 0 Å². The summed E-state index contributed by atoms with van der Waals surface area (Å²) in [5.74, 6) is 0.468. The number of amides is 1. The molecule has 1 saturated heterocycles. The van der Waals surface area contributed by atoms with Crippen molar-refractivity contribution in [3.63, 3.8) is 0 Å². The van der Waals surface area contributed by atoms with Crippen molar-refractivity contribution in [3.05, 3.63) is 94.9 Å². The maximum Gasteiger partial charge on any atom is 0.573 e. The van der Waals surface area contributed by atoms with Gasteiger partial charge in [0.1, 0.15) is 11.5 Å². The number of thiazole rings is 1. The van der Waals surface area contributed by atoms with Gasteiger partial charge < -0.3 is 24.6 Å². The molecular formula is C30H29F3N4O3S. The van der Waals surface area contributed by atoms with Crippen LogP contribution in [0.3, 0.4) is 0 Å². The summed E-state index contributed by atoms with van der Waals surface area (Å²) < 4.78 is 47.9. The molecule has 11 heteroatoms. The number of nitrogens with zero attached hydrogens (tertiary/aromatic N) is 3. The van der Waals surface area contributed by atoms with Crippen LogP contribution in [0.4, 0.5) is 18.3 Å². The minimum absolute atomic E-state index is 0.000410. The van der Waals surface area contributed by atoms with E-state index in [1.54, 1.807) is 13.2 Å². The largest absolute Gasteiger partial charge is 0.573 e. The topological polar surface area (TPSA) is 66.9 Å². The van der Waals surface area contributed by atoms with Crippen LogP contribution in [0.15, 0.2) is 78.2 Å². The minimum Gasteiger partial charge on any atom is -0.497 e. The molecular weight excluding hydrogens is 553 g/mol. The van der Waals surface area contributed by atoms with Crippen LogP contribution in [0, 0.1) is 0 Å². The summed E-state index contributed by atoms with van der Waals surface area (Å²) in [6.45, 7) is 3.63. The molecule has 7 nitrogen and oxygen atoms in total. The van der Waals surface area contributed by atoms with Crippen molar-refractivity contribution in [2.24, 2.45) is 0 Å². The summed E-state index contributed by atoms with van der Waals surface area (Å²) in [7, 11) is 1.61. The van der Waals surface area contributed by atoms with Crippen LogP contribution in [-0.4, -0.2) is 55.4 Å². The molecule has 0 unspecified atom stereocenters. The van der Waals surface area contributed by atoms with Gasteiger partial charge in [0.05, 0.1) is 12.8 Å². The Morgan fingerprint density at radius 2 is 1.68 bits per heavy atom. The first-order chi connectivity index (χ1) is 19.8. The fraction of sp³-hybridized carbons (Fsp3) is 0.267. The highest BCUT2D eigenvalue weighted by Gasteiger charge is 2.31. The van der Waals surface area contributed by atoms with Crippen LogP contribution < -0.4 is 19.7 Å². The zero-order valence-electron chi connectivity index (χ0n) is 22.4. The first-order valence-corrected chi connectivity index (χ1v) is 13.9. The molecule has 0 atom stereocenters. The Labute approximate surface area is 240 Å². The van der Waals surface area contributed by atoms with E-state index in [0.717, 1.165) is 35.7 Å². The number of rotatable bonds is 9. The number of halogens is 3. The molecule has 1 aliphatic heterocycles. The average Bonchev–Trinajstić information content (AvgIpc) is 3.47. The SMILES string of the molecule is COc1ccc(-c2csc(N(Cc3ccc(C(=O)N4CCNCC4)cc3)Cc3cccc(OC(F)(F)F)c3)n2)cc1. The lowest BCUT2D eigenvalue weighted by atomic mass is 10.1. The van der Waals surface area contributed by atoms with Crippen molar-refractivity contribution < 1.29 is 27.4 Å². The maximum atomic E-state index is 12.9. The second-order valence-electron chi connectivity index (χ2n) is 9.53. The van der Waals surface area contributed by atoms with Crippen LogP contribution in [0.25, 0.3) is 11.3 Å². The Hall–Kier alpha value is -4.09. The number of piperazine rings is 1. The third-order valence-electron chi connectivity index (χ3n) is 6.63. The van der Waals surface area contributed by atoms with Gasteiger partial charge >= 0.3 is 6.36 Å². The third kappa shape index (κ3) is 7.56. The number of methoxy groups -OCH3 is 1. The molecule has 0 saturated carbocycles. The van der Waals surface area contributed by atoms with E-state index in [2.05, 4.69) is 10.1 Å². The molecule has 214 valence electrons. The van der Waals surface area contributed by atoms with Crippen LogP contribution >= 0.6 is 11.3 Å². The zero-order chi connectivity index (χ0) is 28.8. The molecule has 3 aromatic carbocycles. The number of carbonyl (C=O) groups excluding carboxylic acids is 1. The molecule has 1 N–H and O–H groups in total. The van der Waals surface area contributed by atoms with E-state index in [0.29, 0.717) is 42.4 Å². The van der Waals surface area contributed by atoms with Crippen molar-refractivity contribution in [2.45, 2.75) is 19.5 Å². The summed E-state index contributed by atoms with van der Waals surface area (Å²) in [6, 6.07) is 21.0. The Morgan fingerprint density at radius 3 is 2.37 bits per heavy atom. The quantitative estimate of drug-likeness (QED) is 0.262. The fourth-order valence-electron chi connectivity index (χ4n) is 4.58. The standard InChI is InChI=1S/C30H29F3N4O3S/c1-39-25-11-9-23(10-12-25)27-20-41-29(35-27)37(19-22-3-2-4-26(17-22)40-30(31,32)33)18-21-5-7-24(8-6-21)28(38)36-15-13-34-14-16-36/h2-12,17,20,34H,13-16,18-19H2,1H3. The molecule has 1 amide bonds. The normalized spacial score (nSPS) is 13.6. The Kier molecular flexibility index (Phi) is 8.75. The van der Waals surface area contributed by atoms with E-state index in [1.807, 2.05) is 63.7 Å². The summed E-state index contributed by atoms with van der Waals surface area (Å²) in [4.78, 5) is 21.6. The Balaban J connectivity index is 1.38. The van der Waals surface area contributed by atoms with Gasteiger partial charge in [-0.1, -0.05) is 24.3 Å². The van der Waals surface area contributed by atoms with Gasteiger partial charge in [0.15, 0.2) is 5.13 Å². The molecule has 0 radical (unpaired) electrons. The number of benzene rings is 3. The summed E-state index contributed by atoms with van der Waals surface area (Å²) >= 11 is 1.45. The van der Waals surface area contributed by atoms with E-state index in [-0.39, 0.29) is 11.7 Å². The van der Waals surface area contributed by atoms with Crippen LogP contribution in [0.2, 0.25) is 0 Å². The number of ether oxygens (including phenoxy) is 2. The van der Waals surface area contributed by atoms with Gasteiger partial charge in [-0.3, -0.25) is 4.79 Å². The minimum atomic E-state index is -4.77. The summed E-state index contributed by atoms with van der Waals surface area (Å²) in [5.41, 5.74) is 3.90. The number of nitrogens with one attached hydrogen (secondary N) is 1. The average molecular weight is 583 g/mol. The second-order valence-corrected chi connectivity index (χ2v) is 10.4. The molecule has 1 aromatic heterocycles. The molecule has 41 heavy (non-hydrogen) atoms. The van der Waals surface area contributed by atoms with Gasteiger partial charge in [-0.05, 0) is 59.7 Å². The number of hydrogen-bond acceptors (Lipinski definition) is 7. The lowest BCUT2D eigenvalue weighted by Crippen LogP contribution is -2.46. The van der Waals surface area contributed by atoms with Gasteiger partial charge in [0.25, 0.3) is 5.91 Å². The first kappa shape index (κ1) is 28.4. The summed E-state index contributed by atoms with van der Waals surface area (Å²) in [6.07, 6.45) is -4.77. The van der Waals surface area contributed by atoms with Gasteiger partial charge in [-0.15, -0.1) is 24.5 Å². The number of hydrogen-bond donors (Lipinski definition) is 1. The predicted octanol–water partition coefficient (Wildman–Crippen LogP) is 5.97. The number of anilines is 1. The number of alkyl halides is 3. The first-order valence-electron chi connectivity index (χ1n) is 13.1. The fourth-order valence-corrected chi connectivity index (χ4v) is 5.42. The molecule has 4 aromatic rings. The van der Waals surface area contributed by atoms with Crippen molar-refractivity contribution in [2.75, 3.05) is 38.2 Å². The van der Waals surface area contributed by atoms with Crippen molar-refractivity contribution in [1.82, 2.24) is 15.2 Å². The van der Waals surface area contributed by atoms with Crippen LogP contribution in [-0.2, 0) is 13.1 Å². The second kappa shape index (κ2) is 12.6. The molecule has 1 fully saturated rings. The highest BCUT2D eigenvalue weighted by molar-refractivity contribution is 7.14. The summed E-state index contributed by atoms with van der Waals surface area (Å²) in [5, 5.41) is 5.90. The molecule has 0 aliphatic carbocycles. The van der Waals surface area contributed by atoms with Crippen LogP contribution in [0.5, 0.6) is 11.5 Å². The lowest BCUT2D eigenvalue weighted by Gasteiger charge is -2.27. The smallest absolute Gasteiger partial charge is 0.497 e. The van der Waals surface area contributed by atoms with Crippen LogP contribution in [0.1, 0.15) is 21.5 Å². The zero-order valence-corrected chi connectivity index (χ0v) is 23.2. The molecule has 2 heterocycles. The lowest BCUT2D eigenvalue weighted by molar-refractivity contribution is -0.274. The molecule has 1 aliphatic rings. The predicted molar refractivity (Wildman–Crippen MR) is 152 cm³/mol. The number of aromatic nitrogens is 1. The Morgan fingerprint density at radius 1 is 0.976 bits per heavy atom. The van der Waals surface area contributed by atoms with Gasteiger partial charge in [-0.2, -0.15) is 0 Å². The van der Waals surface area contributed by atoms with Crippen molar-refractivity contribution >= 4 is 22.4 Å². The Bertz CT molecular complexity index is 1450. The highest BCUT2D eigenvalue weighted by Crippen LogP contribution is 2.31. The highest BCUT2D eigenvalue weighted by atomic mass is 32.1. The number of carbonyl (C=O) groups is 1.